The van der Waals surface area contributed by atoms with E-state index >= 15 is 0 Å². The van der Waals surface area contributed by atoms with Gasteiger partial charge < -0.3 is 14.8 Å². The first-order valence-corrected chi connectivity index (χ1v) is 8.52. The van der Waals surface area contributed by atoms with E-state index in [0.29, 0.717) is 12.1 Å². The van der Waals surface area contributed by atoms with Crippen LogP contribution in [0.5, 0.6) is 0 Å². The second kappa shape index (κ2) is 5.48. The van der Waals surface area contributed by atoms with Crippen molar-refractivity contribution in [2.24, 2.45) is 5.92 Å². The van der Waals surface area contributed by atoms with Crippen LogP contribution in [0.3, 0.4) is 0 Å². The molecule has 4 nitrogen and oxygen atoms in total. The van der Waals surface area contributed by atoms with Crippen molar-refractivity contribution in [3.05, 3.63) is 24.0 Å². The summed E-state index contributed by atoms with van der Waals surface area (Å²) >= 11 is 0. The van der Waals surface area contributed by atoms with Gasteiger partial charge in [-0.25, -0.2) is 0 Å². The highest BCUT2D eigenvalue weighted by Crippen LogP contribution is 2.36. The largest absolute Gasteiger partial charge is 0.340 e. The fraction of sp³-hybridized carbons (Fsp3) is 0.706. The Morgan fingerprint density at radius 1 is 1.14 bits per heavy atom. The predicted octanol–water partition coefficient (Wildman–Crippen LogP) is 2.43. The zero-order valence-corrected chi connectivity index (χ0v) is 12.6. The van der Waals surface area contributed by atoms with Crippen LogP contribution < -0.4 is 5.32 Å². The molecule has 0 aromatic carbocycles. The number of aromatic nitrogens is 1. The lowest BCUT2D eigenvalue weighted by molar-refractivity contribution is 0.0663. The monoisotopic (exact) mass is 287 g/mol. The second-order valence-electron chi connectivity index (χ2n) is 6.86. The Balaban J connectivity index is 1.38. The van der Waals surface area contributed by atoms with Gasteiger partial charge in [-0.1, -0.05) is 0 Å². The van der Waals surface area contributed by atoms with Crippen molar-refractivity contribution in [2.45, 2.75) is 50.6 Å². The number of nitrogens with one attached hydrogen (secondary N) is 1. The average molecular weight is 287 g/mol. The van der Waals surface area contributed by atoms with Gasteiger partial charge in [0, 0.05) is 31.4 Å². The van der Waals surface area contributed by atoms with E-state index in [0.717, 1.165) is 37.5 Å². The van der Waals surface area contributed by atoms with E-state index < -0.39 is 0 Å². The molecule has 1 N–H and O–H groups in total. The number of carbonyl (C=O) groups is 1. The molecule has 1 aliphatic carbocycles. The summed E-state index contributed by atoms with van der Waals surface area (Å²) in [6.45, 7) is 3.04. The summed E-state index contributed by atoms with van der Waals surface area (Å²) in [4.78, 5) is 14.8. The summed E-state index contributed by atoms with van der Waals surface area (Å²) in [6.07, 6.45) is 9.48. The lowest BCUT2D eigenvalue weighted by atomic mass is 9.88. The summed E-state index contributed by atoms with van der Waals surface area (Å²) in [6, 6.07) is 5.29. The van der Waals surface area contributed by atoms with Crippen LogP contribution >= 0.6 is 0 Å². The number of hydrogen-bond donors (Lipinski definition) is 1. The third kappa shape index (κ3) is 2.61. The van der Waals surface area contributed by atoms with Gasteiger partial charge in [-0.3, -0.25) is 4.79 Å². The Hall–Kier alpha value is -1.29. The van der Waals surface area contributed by atoms with Gasteiger partial charge in [0.25, 0.3) is 5.91 Å². The molecule has 1 atom stereocenters. The molecule has 3 heterocycles. The summed E-state index contributed by atoms with van der Waals surface area (Å²) in [7, 11) is 0. The summed E-state index contributed by atoms with van der Waals surface area (Å²) in [5.41, 5.74) is 0.898. The van der Waals surface area contributed by atoms with Gasteiger partial charge in [-0.2, -0.15) is 0 Å². The maximum absolute atomic E-state index is 12.7. The Kier molecular flexibility index (Phi) is 3.49. The summed E-state index contributed by atoms with van der Waals surface area (Å²) in [5.74, 6) is 1.01. The maximum atomic E-state index is 12.7. The van der Waals surface area contributed by atoms with Crippen LogP contribution in [0.25, 0.3) is 0 Å². The van der Waals surface area contributed by atoms with Crippen LogP contribution in [0.4, 0.5) is 0 Å². The SMILES string of the molecule is O=C(c1cccn1C1CC1)N1CCC(C2CCCN2)CC1. The zero-order chi connectivity index (χ0) is 14.2. The molecule has 114 valence electrons. The first-order chi connectivity index (χ1) is 10.3. The normalized spacial score (nSPS) is 27.2. The standard InChI is InChI=1S/C17H25N3O/c21-17(16-4-2-10-20(16)14-5-6-14)19-11-7-13(8-12-19)15-3-1-9-18-15/h2,4,10,13-15,18H,1,3,5-9,11-12H2. The molecule has 4 rings (SSSR count). The molecular weight excluding hydrogens is 262 g/mol. The number of amides is 1. The number of rotatable bonds is 3. The quantitative estimate of drug-likeness (QED) is 0.927. The third-order valence-electron chi connectivity index (χ3n) is 5.43. The van der Waals surface area contributed by atoms with Crippen molar-refractivity contribution in [3.63, 3.8) is 0 Å². The van der Waals surface area contributed by atoms with E-state index in [9.17, 15) is 4.79 Å². The molecule has 1 aromatic rings. The minimum Gasteiger partial charge on any atom is -0.340 e. The van der Waals surface area contributed by atoms with Gasteiger partial charge in [0.1, 0.15) is 5.69 Å². The number of carbonyl (C=O) groups excluding carboxylic acids is 1. The van der Waals surface area contributed by atoms with Gasteiger partial charge in [-0.05, 0) is 63.1 Å². The van der Waals surface area contributed by atoms with E-state index in [2.05, 4.69) is 21.0 Å². The Labute approximate surface area is 126 Å². The first-order valence-electron chi connectivity index (χ1n) is 8.52. The van der Waals surface area contributed by atoms with E-state index in [1.165, 1.54) is 32.2 Å². The second-order valence-corrected chi connectivity index (χ2v) is 6.86. The minimum absolute atomic E-state index is 0.240. The molecule has 0 spiro atoms. The van der Waals surface area contributed by atoms with Gasteiger partial charge in [0.15, 0.2) is 0 Å². The average Bonchev–Trinajstić information content (AvgIpc) is 3.05. The van der Waals surface area contributed by atoms with Crippen LogP contribution in [0.15, 0.2) is 18.3 Å². The zero-order valence-electron chi connectivity index (χ0n) is 12.6. The molecule has 1 saturated carbocycles. The van der Waals surface area contributed by atoms with Crippen molar-refractivity contribution in [1.82, 2.24) is 14.8 Å². The fourth-order valence-corrected chi connectivity index (χ4v) is 4.03. The smallest absolute Gasteiger partial charge is 0.270 e. The number of likely N-dealkylation sites (tertiary alicyclic amines) is 1. The molecule has 1 unspecified atom stereocenters. The molecule has 3 aliphatic rings. The van der Waals surface area contributed by atoms with E-state index in [1.54, 1.807) is 0 Å². The van der Waals surface area contributed by atoms with Crippen molar-refractivity contribution in [1.29, 1.82) is 0 Å². The molecule has 1 aromatic heterocycles. The predicted molar refractivity (Wildman–Crippen MR) is 82.4 cm³/mol. The number of nitrogens with zero attached hydrogens (tertiary/aromatic N) is 2. The van der Waals surface area contributed by atoms with Crippen LogP contribution in [-0.2, 0) is 0 Å². The van der Waals surface area contributed by atoms with E-state index in [-0.39, 0.29) is 5.91 Å². The van der Waals surface area contributed by atoms with Gasteiger partial charge in [0.2, 0.25) is 0 Å². The molecule has 1 amide bonds. The fourth-order valence-electron chi connectivity index (χ4n) is 4.03. The van der Waals surface area contributed by atoms with E-state index in [4.69, 9.17) is 0 Å². The number of piperidine rings is 1. The molecule has 2 saturated heterocycles. The molecule has 2 aliphatic heterocycles. The lowest BCUT2D eigenvalue weighted by Crippen LogP contribution is -2.43. The summed E-state index contributed by atoms with van der Waals surface area (Å²) in [5, 5.41) is 3.62. The van der Waals surface area contributed by atoms with E-state index in [1.807, 2.05) is 12.1 Å². The van der Waals surface area contributed by atoms with Gasteiger partial charge in [0.05, 0.1) is 0 Å². The Morgan fingerprint density at radius 3 is 2.62 bits per heavy atom. The molecule has 21 heavy (non-hydrogen) atoms. The van der Waals surface area contributed by atoms with Crippen LogP contribution in [0.2, 0.25) is 0 Å². The van der Waals surface area contributed by atoms with Gasteiger partial charge in [-0.15, -0.1) is 0 Å². The molecular formula is C17H25N3O. The highest BCUT2D eigenvalue weighted by molar-refractivity contribution is 5.93. The summed E-state index contributed by atoms with van der Waals surface area (Å²) < 4.78 is 2.19. The Morgan fingerprint density at radius 2 is 1.95 bits per heavy atom. The lowest BCUT2D eigenvalue weighted by Gasteiger charge is -2.35. The number of hydrogen-bond acceptors (Lipinski definition) is 2. The van der Waals surface area contributed by atoms with Crippen LogP contribution in [0, 0.1) is 5.92 Å². The molecule has 0 radical (unpaired) electrons. The van der Waals surface area contributed by atoms with Crippen molar-refractivity contribution >= 4 is 5.91 Å². The topological polar surface area (TPSA) is 37.3 Å². The van der Waals surface area contributed by atoms with Crippen LogP contribution in [-0.4, -0.2) is 41.1 Å². The van der Waals surface area contributed by atoms with Crippen molar-refractivity contribution < 1.29 is 4.79 Å². The highest BCUT2D eigenvalue weighted by Gasteiger charge is 2.32. The third-order valence-corrected chi connectivity index (χ3v) is 5.43. The van der Waals surface area contributed by atoms with Gasteiger partial charge >= 0.3 is 0 Å². The maximum Gasteiger partial charge on any atom is 0.270 e. The minimum atomic E-state index is 0.240. The first kappa shape index (κ1) is 13.4. The van der Waals surface area contributed by atoms with Crippen LogP contribution in [0.1, 0.15) is 55.1 Å². The Bertz CT molecular complexity index is 506. The highest BCUT2D eigenvalue weighted by atomic mass is 16.2. The van der Waals surface area contributed by atoms with Crippen molar-refractivity contribution in [2.75, 3.05) is 19.6 Å². The molecule has 3 fully saturated rings. The van der Waals surface area contributed by atoms with Crippen molar-refractivity contribution in [3.8, 4) is 0 Å². The molecule has 4 heteroatoms. The molecule has 0 bridgehead atoms.